The summed E-state index contributed by atoms with van der Waals surface area (Å²) in [5.41, 5.74) is 0.407. The number of benzene rings is 1. The van der Waals surface area contributed by atoms with Crippen LogP contribution in [0.1, 0.15) is 5.56 Å². The maximum absolute atomic E-state index is 11.7. The Morgan fingerprint density at radius 3 is 2.53 bits per heavy atom. The molecule has 1 aromatic carbocycles. The number of hydrogen-bond donors (Lipinski definition) is 2. The van der Waals surface area contributed by atoms with E-state index >= 15 is 0 Å². The van der Waals surface area contributed by atoms with Gasteiger partial charge in [-0.2, -0.15) is 0 Å². The van der Waals surface area contributed by atoms with Gasteiger partial charge in [0.2, 0.25) is 0 Å². The summed E-state index contributed by atoms with van der Waals surface area (Å²) in [6, 6.07) is 5.00. The van der Waals surface area contributed by atoms with Crippen LogP contribution in [0.15, 0.2) is 27.9 Å². The smallest absolute Gasteiger partial charge is 0.271 e. The molecule has 2 aromatic rings. The Bertz CT molecular complexity index is 759. The van der Waals surface area contributed by atoms with Crippen LogP contribution in [0.2, 0.25) is 0 Å². The van der Waals surface area contributed by atoms with Crippen LogP contribution in [0.5, 0.6) is 5.75 Å². The quantitative estimate of drug-likeness (QED) is 0.792. The number of aromatic hydroxyl groups is 1. The zero-order chi connectivity index (χ0) is 12.8. The number of nitrogens with one attached hydrogen (secondary N) is 1. The SMILES string of the molecule is Cc1cccc2c(O)c(S(C)(=O)=O)c(=O)[nH]c12. The first kappa shape index (κ1) is 11.7. The molecule has 1 heterocycles. The van der Waals surface area contributed by atoms with E-state index in [0.29, 0.717) is 10.9 Å². The number of aromatic nitrogens is 1. The van der Waals surface area contributed by atoms with Crippen LogP contribution in [0.4, 0.5) is 0 Å². The lowest BCUT2D eigenvalue weighted by molar-refractivity contribution is 0.463. The summed E-state index contributed by atoms with van der Waals surface area (Å²) in [6.07, 6.45) is 0.888. The number of hydrogen-bond acceptors (Lipinski definition) is 4. The number of aromatic amines is 1. The van der Waals surface area contributed by atoms with Crippen molar-refractivity contribution >= 4 is 20.7 Å². The van der Waals surface area contributed by atoms with Gasteiger partial charge in [0.15, 0.2) is 14.7 Å². The average molecular weight is 253 g/mol. The van der Waals surface area contributed by atoms with E-state index in [-0.39, 0.29) is 0 Å². The highest BCUT2D eigenvalue weighted by Crippen LogP contribution is 2.28. The molecule has 0 radical (unpaired) electrons. The van der Waals surface area contributed by atoms with E-state index in [1.54, 1.807) is 25.1 Å². The van der Waals surface area contributed by atoms with Crippen molar-refractivity contribution < 1.29 is 13.5 Å². The van der Waals surface area contributed by atoms with Crippen molar-refractivity contribution in [1.82, 2.24) is 4.98 Å². The summed E-state index contributed by atoms with van der Waals surface area (Å²) in [6.45, 7) is 1.76. The number of fused-ring (bicyclic) bond motifs is 1. The highest BCUT2D eigenvalue weighted by molar-refractivity contribution is 7.90. The molecule has 6 heteroatoms. The summed E-state index contributed by atoms with van der Waals surface area (Å²) in [7, 11) is -3.76. The molecule has 0 saturated heterocycles. The zero-order valence-electron chi connectivity index (χ0n) is 9.31. The van der Waals surface area contributed by atoms with Gasteiger partial charge in [-0.05, 0) is 18.6 Å². The Balaban J connectivity index is 3.07. The van der Waals surface area contributed by atoms with Crippen LogP contribution in [-0.4, -0.2) is 24.8 Å². The monoisotopic (exact) mass is 253 g/mol. The minimum atomic E-state index is -3.76. The number of aryl methyl sites for hydroxylation is 1. The molecular weight excluding hydrogens is 242 g/mol. The number of rotatable bonds is 1. The summed E-state index contributed by atoms with van der Waals surface area (Å²) in [5.74, 6) is -0.491. The molecule has 0 amide bonds. The van der Waals surface area contributed by atoms with Gasteiger partial charge < -0.3 is 10.1 Å². The molecule has 2 N–H and O–H groups in total. The van der Waals surface area contributed by atoms with Crippen molar-refractivity contribution in [3.05, 3.63) is 34.1 Å². The molecular formula is C11H11NO4S. The molecule has 90 valence electrons. The van der Waals surface area contributed by atoms with Crippen LogP contribution in [0.25, 0.3) is 10.9 Å². The summed E-state index contributed by atoms with van der Waals surface area (Å²) in [4.78, 5) is 13.6. The maximum Gasteiger partial charge on any atom is 0.271 e. The minimum absolute atomic E-state index is 0.324. The second-order valence-corrected chi connectivity index (χ2v) is 5.85. The van der Waals surface area contributed by atoms with Crippen LogP contribution in [0.3, 0.4) is 0 Å². The molecule has 5 nitrogen and oxygen atoms in total. The Labute approximate surface area is 97.6 Å². The van der Waals surface area contributed by atoms with E-state index < -0.39 is 26.0 Å². The molecule has 0 fully saturated rings. The third-order valence-electron chi connectivity index (χ3n) is 2.56. The zero-order valence-corrected chi connectivity index (χ0v) is 10.1. The van der Waals surface area contributed by atoms with E-state index in [1.165, 1.54) is 0 Å². The lowest BCUT2D eigenvalue weighted by atomic mass is 10.1. The average Bonchev–Trinajstić information content (AvgIpc) is 2.17. The third-order valence-corrected chi connectivity index (χ3v) is 3.68. The van der Waals surface area contributed by atoms with Crippen LogP contribution >= 0.6 is 0 Å². The van der Waals surface area contributed by atoms with E-state index in [9.17, 15) is 18.3 Å². The van der Waals surface area contributed by atoms with Crippen LogP contribution < -0.4 is 5.56 Å². The maximum atomic E-state index is 11.7. The third kappa shape index (κ3) is 1.80. The summed E-state index contributed by atoms with van der Waals surface area (Å²) < 4.78 is 22.8. The molecule has 0 aliphatic rings. The highest BCUT2D eigenvalue weighted by atomic mass is 32.2. The largest absolute Gasteiger partial charge is 0.506 e. The Morgan fingerprint density at radius 1 is 1.29 bits per heavy atom. The number of sulfone groups is 1. The molecule has 0 unspecified atom stereocenters. The van der Waals surface area contributed by atoms with Crippen molar-refractivity contribution in [2.24, 2.45) is 0 Å². The van der Waals surface area contributed by atoms with Crippen molar-refractivity contribution in [3.63, 3.8) is 0 Å². The van der Waals surface area contributed by atoms with Gasteiger partial charge in [-0.1, -0.05) is 12.1 Å². The lowest BCUT2D eigenvalue weighted by Gasteiger charge is -2.07. The van der Waals surface area contributed by atoms with Crippen molar-refractivity contribution in [2.45, 2.75) is 11.8 Å². The van der Waals surface area contributed by atoms with E-state index in [2.05, 4.69) is 4.98 Å². The summed E-state index contributed by atoms with van der Waals surface area (Å²) >= 11 is 0. The van der Waals surface area contributed by atoms with E-state index in [4.69, 9.17) is 0 Å². The lowest BCUT2D eigenvalue weighted by Crippen LogP contribution is -2.17. The molecule has 1 aromatic heterocycles. The fourth-order valence-electron chi connectivity index (χ4n) is 1.78. The minimum Gasteiger partial charge on any atom is -0.506 e. The fourth-order valence-corrected chi connectivity index (χ4v) is 2.62. The first-order chi connectivity index (χ1) is 7.82. The first-order valence-corrected chi connectivity index (χ1v) is 6.76. The second-order valence-electron chi connectivity index (χ2n) is 3.90. The molecule has 2 rings (SSSR count). The molecule has 0 aliphatic carbocycles. The Hall–Kier alpha value is -1.82. The second kappa shape index (κ2) is 3.59. The predicted octanol–water partition coefficient (Wildman–Crippen LogP) is 0.946. The van der Waals surface area contributed by atoms with Crippen LogP contribution in [-0.2, 0) is 9.84 Å². The van der Waals surface area contributed by atoms with Gasteiger partial charge in [0.25, 0.3) is 5.56 Å². The van der Waals surface area contributed by atoms with Gasteiger partial charge in [0.05, 0.1) is 5.52 Å². The van der Waals surface area contributed by atoms with Gasteiger partial charge in [-0.25, -0.2) is 8.42 Å². The van der Waals surface area contributed by atoms with Gasteiger partial charge >= 0.3 is 0 Å². The predicted molar refractivity (Wildman–Crippen MR) is 64.1 cm³/mol. The van der Waals surface area contributed by atoms with Crippen molar-refractivity contribution in [2.75, 3.05) is 6.26 Å². The van der Waals surface area contributed by atoms with Crippen molar-refractivity contribution in [3.8, 4) is 5.75 Å². The van der Waals surface area contributed by atoms with Crippen molar-refractivity contribution in [1.29, 1.82) is 0 Å². The number of pyridine rings is 1. The molecule has 0 spiro atoms. The molecule has 17 heavy (non-hydrogen) atoms. The van der Waals surface area contributed by atoms with Gasteiger partial charge in [0, 0.05) is 11.6 Å². The fraction of sp³-hybridized carbons (Fsp3) is 0.182. The van der Waals surface area contributed by atoms with Crippen LogP contribution in [0, 0.1) is 6.92 Å². The molecule has 0 aliphatic heterocycles. The van der Waals surface area contributed by atoms with Gasteiger partial charge in [0.1, 0.15) is 5.75 Å². The Kier molecular flexibility index (Phi) is 2.46. The van der Waals surface area contributed by atoms with E-state index in [0.717, 1.165) is 11.8 Å². The number of para-hydroxylation sites is 1. The highest BCUT2D eigenvalue weighted by Gasteiger charge is 2.21. The number of H-pyrrole nitrogens is 1. The van der Waals surface area contributed by atoms with Gasteiger partial charge in [-0.3, -0.25) is 4.79 Å². The van der Waals surface area contributed by atoms with Gasteiger partial charge in [-0.15, -0.1) is 0 Å². The first-order valence-electron chi connectivity index (χ1n) is 4.87. The molecule has 0 saturated carbocycles. The topological polar surface area (TPSA) is 87.2 Å². The molecule has 0 atom stereocenters. The van der Waals surface area contributed by atoms with E-state index in [1.807, 2.05) is 0 Å². The summed E-state index contributed by atoms with van der Waals surface area (Å²) in [5, 5.41) is 10.2. The standard InChI is InChI=1S/C11H11NO4S/c1-6-4-3-5-7-8(6)12-11(14)10(9(7)13)17(2,15)16/h3-5H,1-2H3,(H2,12,13,14). The Morgan fingerprint density at radius 2 is 1.94 bits per heavy atom. The normalized spacial score (nSPS) is 11.9. The molecule has 0 bridgehead atoms.